The second-order valence-corrected chi connectivity index (χ2v) is 22.7. The number of hydrogen-bond acceptors (Lipinski definition) is 6. The van der Waals surface area contributed by atoms with Crippen molar-refractivity contribution in [2.45, 2.75) is 322 Å². The van der Waals surface area contributed by atoms with E-state index < -0.39 is 6.10 Å². The molecule has 1 atom stereocenters. The smallest absolute Gasteiger partial charge is 0.306 e. The van der Waals surface area contributed by atoms with Crippen molar-refractivity contribution in [1.82, 2.24) is 0 Å². The molecule has 0 fully saturated rings. The Labute approximate surface area is 513 Å². The molecular formula is C77H128O6. The first-order valence-corrected chi connectivity index (χ1v) is 34.7. The Kier molecular flexibility index (Phi) is 66.3. The van der Waals surface area contributed by atoms with Crippen LogP contribution in [0.15, 0.2) is 134 Å². The number of carbonyl (C=O) groups is 3. The minimum atomic E-state index is -0.792. The van der Waals surface area contributed by atoms with Crippen LogP contribution >= 0.6 is 0 Å². The predicted octanol–water partition coefficient (Wildman–Crippen LogP) is 24.1. The number of unbranched alkanes of at least 4 members (excludes halogenated alkanes) is 29. The molecule has 0 aliphatic rings. The van der Waals surface area contributed by atoms with Gasteiger partial charge in [0.05, 0.1) is 0 Å². The third-order valence-electron chi connectivity index (χ3n) is 14.6. The van der Waals surface area contributed by atoms with Gasteiger partial charge in [0.15, 0.2) is 6.10 Å². The van der Waals surface area contributed by atoms with Gasteiger partial charge in [0, 0.05) is 19.3 Å². The van der Waals surface area contributed by atoms with E-state index in [2.05, 4.69) is 154 Å². The summed E-state index contributed by atoms with van der Waals surface area (Å²) in [5.74, 6) is -0.904. The minimum absolute atomic E-state index is 0.0882. The van der Waals surface area contributed by atoms with Crippen molar-refractivity contribution in [1.29, 1.82) is 0 Å². The highest BCUT2D eigenvalue weighted by Crippen LogP contribution is 2.16. The zero-order valence-corrected chi connectivity index (χ0v) is 54.2. The van der Waals surface area contributed by atoms with Gasteiger partial charge in [-0.05, 0) is 135 Å². The molecule has 0 N–H and O–H groups in total. The highest BCUT2D eigenvalue weighted by Gasteiger charge is 2.19. The quantitative estimate of drug-likeness (QED) is 0.0261. The molecule has 0 radical (unpaired) electrons. The molecule has 6 nitrogen and oxygen atoms in total. The fourth-order valence-corrected chi connectivity index (χ4v) is 9.41. The van der Waals surface area contributed by atoms with Crippen LogP contribution in [-0.2, 0) is 28.6 Å². The molecule has 6 heteroatoms. The first-order valence-electron chi connectivity index (χ1n) is 34.7. The van der Waals surface area contributed by atoms with Crippen molar-refractivity contribution in [2.24, 2.45) is 0 Å². The molecule has 0 aromatic carbocycles. The third-order valence-corrected chi connectivity index (χ3v) is 14.6. The van der Waals surface area contributed by atoms with E-state index in [1.807, 2.05) is 0 Å². The maximum Gasteiger partial charge on any atom is 0.306 e. The van der Waals surface area contributed by atoms with Gasteiger partial charge in [0.1, 0.15) is 13.2 Å². The topological polar surface area (TPSA) is 78.9 Å². The zero-order chi connectivity index (χ0) is 59.9. The van der Waals surface area contributed by atoms with Crippen LogP contribution in [0, 0.1) is 0 Å². The molecule has 0 saturated heterocycles. The van der Waals surface area contributed by atoms with E-state index in [4.69, 9.17) is 14.2 Å². The molecule has 0 bridgehead atoms. The maximum atomic E-state index is 12.9. The molecule has 0 aromatic rings. The number of hydrogen-bond donors (Lipinski definition) is 0. The van der Waals surface area contributed by atoms with E-state index in [-0.39, 0.29) is 31.1 Å². The zero-order valence-electron chi connectivity index (χ0n) is 54.2. The minimum Gasteiger partial charge on any atom is -0.462 e. The third kappa shape index (κ3) is 68.2. The van der Waals surface area contributed by atoms with Gasteiger partial charge in [0.25, 0.3) is 0 Å². The lowest BCUT2D eigenvalue weighted by Crippen LogP contribution is -2.30. The van der Waals surface area contributed by atoms with Crippen LogP contribution in [0.1, 0.15) is 316 Å². The predicted molar refractivity (Wildman–Crippen MR) is 362 cm³/mol. The summed E-state index contributed by atoms with van der Waals surface area (Å²) in [6.07, 6.45) is 99.0. The van der Waals surface area contributed by atoms with Crippen LogP contribution < -0.4 is 0 Å². The summed E-state index contributed by atoms with van der Waals surface area (Å²) >= 11 is 0. The van der Waals surface area contributed by atoms with Gasteiger partial charge in [0.2, 0.25) is 0 Å². The molecule has 0 rings (SSSR count). The van der Waals surface area contributed by atoms with Crippen molar-refractivity contribution in [3.63, 3.8) is 0 Å². The van der Waals surface area contributed by atoms with Crippen LogP contribution in [0.2, 0.25) is 0 Å². The second-order valence-electron chi connectivity index (χ2n) is 22.7. The molecule has 0 aromatic heterocycles. The average molecular weight is 1150 g/mol. The lowest BCUT2D eigenvalue weighted by Gasteiger charge is -2.18. The van der Waals surface area contributed by atoms with Crippen LogP contribution in [-0.4, -0.2) is 37.2 Å². The largest absolute Gasteiger partial charge is 0.462 e. The molecule has 0 aliphatic carbocycles. The number of rotatable bonds is 62. The van der Waals surface area contributed by atoms with E-state index in [0.717, 1.165) is 128 Å². The summed E-state index contributed by atoms with van der Waals surface area (Å²) in [7, 11) is 0. The Hall–Kier alpha value is -4.45. The highest BCUT2D eigenvalue weighted by atomic mass is 16.6. The van der Waals surface area contributed by atoms with Crippen molar-refractivity contribution >= 4 is 17.9 Å². The summed E-state index contributed by atoms with van der Waals surface area (Å²) in [5.41, 5.74) is 0. The fourth-order valence-electron chi connectivity index (χ4n) is 9.41. The maximum absolute atomic E-state index is 12.9. The summed E-state index contributed by atoms with van der Waals surface area (Å²) in [6, 6.07) is 0. The Morgan fingerprint density at radius 3 is 0.783 bits per heavy atom. The van der Waals surface area contributed by atoms with E-state index in [0.29, 0.717) is 19.3 Å². The van der Waals surface area contributed by atoms with Crippen LogP contribution in [0.5, 0.6) is 0 Å². The number of ether oxygens (including phenoxy) is 3. The van der Waals surface area contributed by atoms with Gasteiger partial charge in [-0.25, -0.2) is 0 Å². The van der Waals surface area contributed by atoms with Crippen LogP contribution in [0.25, 0.3) is 0 Å². The molecule has 0 aliphatic heterocycles. The number of esters is 3. The lowest BCUT2D eigenvalue weighted by atomic mass is 10.1. The summed E-state index contributed by atoms with van der Waals surface area (Å²) in [5, 5.41) is 0. The van der Waals surface area contributed by atoms with Gasteiger partial charge in [-0.15, -0.1) is 0 Å². The highest BCUT2D eigenvalue weighted by molar-refractivity contribution is 5.71. The van der Waals surface area contributed by atoms with E-state index >= 15 is 0 Å². The first kappa shape index (κ1) is 78.5. The Bertz CT molecular complexity index is 1750. The molecule has 0 amide bonds. The second kappa shape index (κ2) is 70.0. The van der Waals surface area contributed by atoms with Gasteiger partial charge in [-0.1, -0.05) is 296 Å². The van der Waals surface area contributed by atoms with Crippen LogP contribution in [0.3, 0.4) is 0 Å². The van der Waals surface area contributed by atoms with Gasteiger partial charge >= 0.3 is 17.9 Å². The molecule has 0 heterocycles. The van der Waals surface area contributed by atoms with Crippen molar-refractivity contribution in [3.05, 3.63) is 134 Å². The van der Waals surface area contributed by atoms with E-state index in [1.54, 1.807) is 0 Å². The number of allylic oxidation sites excluding steroid dienone is 22. The van der Waals surface area contributed by atoms with E-state index in [1.165, 1.54) is 148 Å². The molecule has 0 saturated carbocycles. The Morgan fingerprint density at radius 1 is 0.253 bits per heavy atom. The van der Waals surface area contributed by atoms with Crippen LogP contribution in [0.4, 0.5) is 0 Å². The van der Waals surface area contributed by atoms with E-state index in [9.17, 15) is 14.4 Å². The molecule has 1 unspecified atom stereocenters. The van der Waals surface area contributed by atoms with Crippen molar-refractivity contribution in [2.75, 3.05) is 13.2 Å². The number of carbonyl (C=O) groups excluding carboxylic acids is 3. The fraction of sp³-hybridized carbons (Fsp3) is 0.675. The van der Waals surface area contributed by atoms with Gasteiger partial charge in [-0.2, -0.15) is 0 Å². The van der Waals surface area contributed by atoms with Gasteiger partial charge < -0.3 is 14.2 Å². The monoisotopic (exact) mass is 1150 g/mol. The Morgan fingerprint density at radius 2 is 0.482 bits per heavy atom. The normalized spacial score (nSPS) is 13.0. The molecular weight excluding hydrogens is 1020 g/mol. The molecule has 83 heavy (non-hydrogen) atoms. The lowest BCUT2D eigenvalue weighted by molar-refractivity contribution is -0.167. The molecule has 0 spiro atoms. The summed E-state index contributed by atoms with van der Waals surface area (Å²) in [4.78, 5) is 38.3. The average Bonchev–Trinajstić information content (AvgIpc) is 3.48. The van der Waals surface area contributed by atoms with Crippen molar-refractivity contribution < 1.29 is 28.6 Å². The molecule has 472 valence electrons. The SMILES string of the molecule is CC/C=C\C/C=C\C/C=C\C/C=C\C/C=C\C/C=C\C/C=C\C/C=C\CCCCCCCCCCC(=O)OCC(COC(=O)CCCCCCC/C=C\CCCC)OC(=O)CCCCCCCCCCC/C=C\C/C=C\CCCCCCC. The Balaban J connectivity index is 4.27. The summed E-state index contributed by atoms with van der Waals surface area (Å²) < 4.78 is 16.9. The summed E-state index contributed by atoms with van der Waals surface area (Å²) in [6.45, 7) is 6.48. The van der Waals surface area contributed by atoms with Crippen molar-refractivity contribution in [3.8, 4) is 0 Å². The first-order chi connectivity index (χ1) is 41.0. The standard InChI is InChI=1S/C77H128O6/c1-4-7-10-13-16-19-22-24-26-28-30-32-33-34-35-36-37-38-39-40-41-42-43-45-46-48-50-52-55-58-61-64-67-70-76(79)82-73-74(72-81-75(78)69-66-63-60-57-54-21-18-15-12-9-6-3)83-77(80)71-68-65-62-59-56-53-51-49-47-44-31-29-27-25-23-20-17-14-11-8-5-2/h7,10,15-16,18-19,23-26,29-32,34-35,37-38,40-41,43,45,74H,4-6,8-9,11-14,17,20-22,27-28,33,36,39,42,44,46-73H2,1-3H3/b10-7-,18-15-,19-16-,25-23-,26-24-,31-29-,32-30-,35-34-,38-37-,41-40-,45-43-. The van der Waals surface area contributed by atoms with Gasteiger partial charge in [-0.3, -0.25) is 14.4 Å².